The number of carboxylic acid groups (broad SMARTS) is 1. The molecule has 0 aliphatic rings. The summed E-state index contributed by atoms with van der Waals surface area (Å²) >= 11 is 0. The highest BCUT2D eigenvalue weighted by Crippen LogP contribution is 2.18. The number of benzene rings is 1. The number of hydrogen-bond acceptors (Lipinski definition) is 3. The first-order chi connectivity index (χ1) is 8.15. The molecule has 2 rings (SSSR count). The number of carboxylic acids is 1. The van der Waals surface area contributed by atoms with Gasteiger partial charge in [-0.15, -0.1) is 0 Å². The average molecular weight is 232 g/mol. The van der Waals surface area contributed by atoms with Gasteiger partial charge in [-0.25, -0.2) is 9.18 Å². The Morgan fingerprint density at radius 1 is 1.29 bits per heavy atom. The Morgan fingerprint density at radius 3 is 2.76 bits per heavy atom. The van der Waals surface area contributed by atoms with E-state index in [9.17, 15) is 9.18 Å². The minimum Gasteiger partial charge on any atom is -0.478 e. The number of pyridine rings is 1. The molecule has 0 aliphatic heterocycles. The summed E-state index contributed by atoms with van der Waals surface area (Å²) in [7, 11) is 0. The van der Waals surface area contributed by atoms with Crippen LogP contribution in [0.2, 0.25) is 0 Å². The quantitative estimate of drug-likeness (QED) is 0.853. The van der Waals surface area contributed by atoms with Crippen LogP contribution >= 0.6 is 0 Å². The minimum atomic E-state index is -1.17. The van der Waals surface area contributed by atoms with Crippen LogP contribution in [0.15, 0.2) is 42.7 Å². The zero-order valence-corrected chi connectivity index (χ0v) is 8.72. The smallest absolute Gasteiger partial charge is 0.335 e. The third-order valence-electron chi connectivity index (χ3n) is 2.09. The number of halogens is 1. The van der Waals surface area contributed by atoms with Gasteiger partial charge >= 0.3 is 5.97 Å². The third kappa shape index (κ3) is 2.78. The molecule has 0 radical (unpaired) electrons. The Hall–Kier alpha value is -2.43. The second-order valence-corrected chi connectivity index (χ2v) is 3.40. The Kier molecular flexibility index (Phi) is 3.00. The van der Waals surface area contributed by atoms with Gasteiger partial charge in [-0.3, -0.25) is 4.98 Å². The lowest BCUT2D eigenvalue weighted by Crippen LogP contribution is -1.99. The number of aromatic nitrogens is 1. The van der Waals surface area contributed by atoms with E-state index >= 15 is 0 Å². The molecule has 0 atom stereocenters. The monoisotopic (exact) mass is 232 g/mol. The lowest BCUT2D eigenvalue weighted by atomic mass is 10.2. The van der Waals surface area contributed by atoms with E-state index in [1.54, 1.807) is 24.5 Å². The normalized spacial score (nSPS) is 9.94. The highest BCUT2D eigenvalue weighted by molar-refractivity contribution is 5.89. The molecule has 86 valence electrons. The van der Waals surface area contributed by atoms with Gasteiger partial charge in [0, 0.05) is 11.9 Å². The SMILES string of the molecule is O=C(O)c1cc(F)cc(Nc2cccnc2)c1. The zero-order chi connectivity index (χ0) is 12.3. The average Bonchev–Trinajstić information content (AvgIpc) is 2.29. The van der Waals surface area contributed by atoms with Crippen molar-refractivity contribution in [1.29, 1.82) is 0 Å². The van der Waals surface area contributed by atoms with Crippen LogP contribution in [-0.4, -0.2) is 16.1 Å². The maximum absolute atomic E-state index is 13.2. The van der Waals surface area contributed by atoms with Crippen LogP contribution in [0.3, 0.4) is 0 Å². The van der Waals surface area contributed by atoms with E-state index in [1.165, 1.54) is 12.1 Å². The molecule has 4 nitrogen and oxygen atoms in total. The van der Waals surface area contributed by atoms with Crippen molar-refractivity contribution < 1.29 is 14.3 Å². The van der Waals surface area contributed by atoms with Crippen LogP contribution in [0, 0.1) is 5.82 Å². The van der Waals surface area contributed by atoms with E-state index in [0.29, 0.717) is 11.4 Å². The predicted octanol–water partition coefficient (Wildman–Crippen LogP) is 2.66. The molecule has 0 fully saturated rings. The van der Waals surface area contributed by atoms with E-state index < -0.39 is 11.8 Å². The lowest BCUT2D eigenvalue weighted by Gasteiger charge is -2.06. The fourth-order valence-corrected chi connectivity index (χ4v) is 1.39. The zero-order valence-electron chi connectivity index (χ0n) is 8.72. The maximum Gasteiger partial charge on any atom is 0.335 e. The number of nitrogens with one attached hydrogen (secondary N) is 1. The summed E-state index contributed by atoms with van der Waals surface area (Å²) in [6.07, 6.45) is 3.17. The number of hydrogen-bond donors (Lipinski definition) is 2. The molecule has 0 spiro atoms. The molecule has 1 aromatic heterocycles. The Morgan fingerprint density at radius 2 is 2.12 bits per heavy atom. The number of aromatic carboxylic acids is 1. The van der Waals surface area contributed by atoms with E-state index in [1.807, 2.05) is 0 Å². The first kappa shape index (κ1) is 11.1. The number of carbonyl (C=O) groups is 1. The standard InChI is InChI=1S/C12H9FN2O2/c13-9-4-8(12(16)17)5-11(6-9)15-10-2-1-3-14-7-10/h1-7,15H,(H,16,17). The largest absolute Gasteiger partial charge is 0.478 e. The predicted molar refractivity (Wildman–Crippen MR) is 60.9 cm³/mol. The summed E-state index contributed by atoms with van der Waals surface area (Å²) in [5.74, 6) is -1.77. The molecular weight excluding hydrogens is 223 g/mol. The van der Waals surface area contributed by atoms with E-state index in [0.717, 1.165) is 6.07 Å². The Bertz CT molecular complexity index is 543. The molecule has 0 saturated heterocycles. The van der Waals surface area contributed by atoms with E-state index in [-0.39, 0.29) is 5.56 Å². The topological polar surface area (TPSA) is 62.2 Å². The van der Waals surface area contributed by atoms with Crippen LogP contribution in [0.25, 0.3) is 0 Å². The van der Waals surface area contributed by atoms with E-state index in [2.05, 4.69) is 10.3 Å². The lowest BCUT2D eigenvalue weighted by molar-refractivity contribution is 0.0696. The Labute approximate surface area is 96.7 Å². The third-order valence-corrected chi connectivity index (χ3v) is 2.09. The number of rotatable bonds is 3. The van der Waals surface area contributed by atoms with Gasteiger partial charge in [-0.1, -0.05) is 0 Å². The van der Waals surface area contributed by atoms with Crippen LogP contribution < -0.4 is 5.32 Å². The van der Waals surface area contributed by atoms with Gasteiger partial charge in [0.25, 0.3) is 0 Å². The molecule has 0 bridgehead atoms. The van der Waals surface area contributed by atoms with Crippen molar-refractivity contribution in [2.24, 2.45) is 0 Å². The van der Waals surface area contributed by atoms with Crippen LogP contribution in [0.1, 0.15) is 10.4 Å². The molecule has 0 aliphatic carbocycles. The summed E-state index contributed by atoms with van der Waals surface area (Å²) in [6, 6.07) is 7.02. The van der Waals surface area contributed by atoms with E-state index in [4.69, 9.17) is 5.11 Å². The molecule has 0 saturated carbocycles. The summed E-state index contributed by atoms with van der Waals surface area (Å²) in [5, 5.41) is 11.7. The second-order valence-electron chi connectivity index (χ2n) is 3.40. The van der Waals surface area contributed by atoms with Crippen molar-refractivity contribution in [3.05, 3.63) is 54.1 Å². The molecule has 1 aromatic carbocycles. The van der Waals surface area contributed by atoms with Crippen molar-refractivity contribution in [2.45, 2.75) is 0 Å². The van der Waals surface area contributed by atoms with Crippen LogP contribution in [-0.2, 0) is 0 Å². The molecule has 5 heteroatoms. The Balaban J connectivity index is 2.30. The summed E-state index contributed by atoms with van der Waals surface area (Å²) < 4.78 is 13.2. The van der Waals surface area contributed by atoms with Gasteiger partial charge in [-0.2, -0.15) is 0 Å². The minimum absolute atomic E-state index is 0.101. The van der Waals surface area contributed by atoms with Crippen LogP contribution in [0.5, 0.6) is 0 Å². The fourth-order valence-electron chi connectivity index (χ4n) is 1.39. The van der Waals surface area contributed by atoms with Crippen molar-refractivity contribution in [2.75, 3.05) is 5.32 Å². The number of nitrogens with zero attached hydrogens (tertiary/aromatic N) is 1. The van der Waals surface area contributed by atoms with Crippen molar-refractivity contribution in [3.63, 3.8) is 0 Å². The van der Waals surface area contributed by atoms with Crippen molar-refractivity contribution in [1.82, 2.24) is 4.98 Å². The molecule has 0 unspecified atom stereocenters. The second kappa shape index (κ2) is 4.61. The van der Waals surface area contributed by atoms with Gasteiger partial charge in [0.2, 0.25) is 0 Å². The maximum atomic E-state index is 13.2. The van der Waals surface area contributed by atoms with Gasteiger partial charge in [0.1, 0.15) is 5.82 Å². The summed E-state index contributed by atoms with van der Waals surface area (Å²) in [6.45, 7) is 0. The molecular formula is C12H9FN2O2. The fraction of sp³-hybridized carbons (Fsp3) is 0. The van der Waals surface area contributed by atoms with Crippen molar-refractivity contribution in [3.8, 4) is 0 Å². The molecule has 0 amide bonds. The summed E-state index contributed by atoms with van der Waals surface area (Å²) in [5.41, 5.74) is 0.932. The highest BCUT2D eigenvalue weighted by atomic mass is 19.1. The van der Waals surface area contributed by atoms with Gasteiger partial charge in [-0.05, 0) is 30.3 Å². The van der Waals surface area contributed by atoms with Crippen molar-refractivity contribution >= 4 is 17.3 Å². The first-order valence-corrected chi connectivity index (χ1v) is 4.86. The first-order valence-electron chi connectivity index (χ1n) is 4.86. The molecule has 17 heavy (non-hydrogen) atoms. The highest BCUT2D eigenvalue weighted by Gasteiger charge is 2.07. The van der Waals surface area contributed by atoms with Gasteiger partial charge < -0.3 is 10.4 Å². The van der Waals surface area contributed by atoms with Crippen LogP contribution in [0.4, 0.5) is 15.8 Å². The number of anilines is 2. The molecule has 2 N–H and O–H groups in total. The van der Waals surface area contributed by atoms with Gasteiger partial charge in [0.05, 0.1) is 17.4 Å². The van der Waals surface area contributed by atoms with Gasteiger partial charge in [0.15, 0.2) is 0 Å². The molecule has 1 heterocycles. The molecule has 2 aromatic rings. The summed E-state index contributed by atoms with van der Waals surface area (Å²) in [4.78, 5) is 14.6.